The van der Waals surface area contributed by atoms with Crippen molar-refractivity contribution in [2.75, 3.05) is 0 Å². The van der Waals surface area contributed by atoms with Gasteiger partial charge < -0.3 is 4.74 Å². The summed E-state index contributed by atoms with van der Waals surface area (Å²) in [5, 5.41) is 9.82. The van der Waals surface area contributed by atoms with Gasteiger partial charge in [-0.1, -0.05) is 24.3 Å². The summed E-state index contributed by atoms with van der Waals surface area (Å²) in [6.45, 7) is 0. The number of nitriles is 1. The summed E-state index contributed by atoms with van der Waals surface area (Å²) in [7, 11) is 0. The van der Waals surface area contributed by atoms with E-state index in [1.54, 1.807) is 24.4 Å². The number of aromatic nitrogens is 2. The lowest BCUT2D eigenvalue weighted by Gasteiger charge is -2.07. The van der Waals surface area contributed by atoms with Gasteiger partial charge in [-0.3, -0.25) is 4.98 Å². The molecule has 3 rings (SSSR count). The maximum absolute atomic E-state index is 8.82. The van der Waals surface area contributed by atoms with Crippen LogP contribution in [0, 0.1) is 11.3 Å². The Morgan fingerprint density at radius 2 is 1.84 bits per heavy atom. The number of ether oxygens (including phenoxy) is 1. The second kappa shape index (κ2) is 4.75. The van der Waals surface area contributed by atoms with E-state index in [-0.39, 0.29) is 0 Å². The summed E-state index contributed by atoms with van der Waals surface area (Å²) in [5.74, 6) is 1.01. The van der Waals surface area contributed by atoms with Crippen molar-refractivity contribution in [3.05, 3.63) is 60.4 Å². The first-order valence-electron chi connectivity index (χ1n) is 5.75. The molecule has 3 aromatic rings. The van der Waals surface area contributed by atoms with Crippen molar-refractivity contribution >= 4 is 10.9 Å². The number of rotatable bonds is 2. The van der Waals surface area contributed by atoms with E-state index in [0.29, 0.717) is 17.3 Å². The molecule has 0 N–H and O–H groups in total. The van der Waals surface area contributed by atoms with Crippen molar-refractivity contribution in [1.29, 1.82) is 5.26 Å². The fraction of sp³-hybridized carbons (Fsp3) is 0. The molecule has 1 aromatic carbocycles. The molecule has 0 atom stereocenters. The first-order valence-corrected chi connectivity index (χ1v) is 5.75. The van der Waals surface area contributed by atoms with Crippen LogP contribution in [0.15, 0.2) is 54.7 Å². The van der Waals surface area contributed by atoms with Crippen LogP contribution in [0.25, 0.3) is 10.9 Å². The third-order valence-electron chi connectivity index (χ3n) is 2.65. The van der Waals surface area contributed by atoms with Crippen LogP contribution in [0.4, 0.5) is 0 Å². The second-order valence-electron chi connectivity index (χ2n) is 3.91. The second-order valence-corrected chi connectivity index (χ2v) is 3.91. The van der Waals surface area contributed by atoms with Gasteiger partial charge in [0.1, 0.15) is 17.3 Å². The molecule has 19 heavy (non-hydrogen) atoms. The van der Waals surface area contributed by atoms with Gasteiger partial charge in [-0.05, 0) is 18.2 Å². The quantitative estimate of drug-likeness (QED) is 0.697. The fourth-order valence-corrected chi connectivity index (χ4v) is 1.81. The predicted octanol–water partition coefficient (Wildman–Crippen LogP) is 3.29. The summed E-state index contributed by atoms with van der Waals surface area (Å²) in [4.78, 5) is 8.38. The normalized spacial score (nSPS) is 10.1. The molecule has 0 radical (unpaired) electrons. The third-order valence-corrected chi connectivity index (χ3v) is 2.65. The molecule has 0 saturated heterocycles. The SMILES string of the molecule is N#Cc1cccc(Oc2cccc3cccnc23)n1. The van der Waals surface area contributed by atoms with E-state index in [1.807, 2.05) is 36.4 Å². The van der Waals surface area contributed by atoms with Gasteiger partial charge in [-0.25, -0.2) is 4.98 Å². The Morgan fingerprint density at radius 3 is 2.74 bits per heavy atom. The minimum atomic E-state index is 0.325. The Morgan fingerprint density at radius 1 is 1.00 bits per heavy atom. The van der Waals surface area contributed by atoms with Crippen LogP contribution in [0.2, 0.25) is 0 Å². The van der Waals surface area contributed by atoms with E-state index in [0.717, 1.165) is 10.9 Å². The summed E-state index contributed by atoms with van der Waals surface area (Å²) in [5.41, 5.74) is 1.10. The Bertz CT molecular complexity index is 772. The number of para-hydroxylation sites is 1. The van der Waals surface area contributed by atoms with Gasteiger partial charge in [0.05, 0.1) is 0 Å². The van der Waals surface area contributed by atoms with E-state index in [1.165, 1.54) is 0 Å². The monoisotopic (exact) mass is 247 g/mol. The van der Waals surface area contributed by atoms with Crippen LogP contribution in [0.3, 0.4) is 0 Å². The van der Waals surface area contributed by atoms with E-state index < -0.39 is 0 Å². The highest BCUT2D eigenvalue weighted by Gasteiger charge is 2.05. The number of fused-ring (bicyclic) bond motifs is 1. The molecule has 4 nitrogen and oxygen atoms in total. The summed E-state index contributed by atoms with van der Waals surface area (Å²) >= 11 is 0. The fourth-order valence-electron chi connectivity index (χ4n) is 1.81. The highest BCUT2D eigenvalue weighted by Crippen LogP contribution is 2.27. The third kappa shape index (κ3) is 2.22. The minimum Gasteiger partial charge on any atom is -0.437 e. The average Bonchev–Trinajstić information content (AvgIpc) is 2.48. The molecule has 0 aliphatic carbocycles. The topological polar surface area (TPSA) is 58.8 Å². The highest BCUT2D eigenvalue weighted by molar-refractivity contribution is 5.84. The van der Waals surface area contributed by atoms with E-state index in [2.05, 4.69) is 9.97 Å². The molecule has 4 heteroatoms. The number of nitrogens with zero attached hydrogens (tertiary/aromatic N) is 3. The van der Waals surface area contributed by atoms with Gasteiger partial charge in [0.15, 0.2) is 5.75 Å². The van der Waals surface area contributed by atoms with Crippen LogP contribution >= 0.6 is 0 Å². The maximum atomic E-state index is 8.82. The lowest BCUT2D eigenvalue weighted by Crippen LogP contribution is -1.91. The van der Waals surface area contributed by atoms with Crippen LogP contribution in [0.5, 0.6) is 11.6 Å². The Balaban J connectivity index is 2.04. The molecule has 0 spiro atoms. The predicted molar refractivity (Wildman–Crippen MR) is 70.8 cm³/mol. The average molecular weight is 247 g/mol. The van der Waals surface area contributed by atoms with Crippen LogP contribution in [0.1, 0.15) is 5.69 Å². The van der Waals surface area contributed by atoms with Gasteiger partial charge in [0.25, 0.3) is 0 Å². The Kier molecular flexibility index (Phi) is 2.79. The number of hydrogen-bond acceptors (Lipinski definition) is 4. The van der Waals surface area contributed by atoms with Crippen molar-refractivity contribution in [1.82, 2.24) is 9.97 Å². The zero-order valence-corrected chi connectivity index (χ0v) is 9.95. The van der Waals surface area contributed by atoms with Gasteiger partial charge in [0, 0.05) is 17.6 Å². The summed E-state index contributed by atoms with van der Waals surface area (Å²) < 4.78 is 5.71. The van der Waals surface area contributed by atoms with E-state index >= 15 is 0 Å². The molecule has 0 amide bonds. The van der Waals surface area contributed by atoms with Crippen LogP contribution in [-0.2, 0) is 0 Å². The molecule has 0 aliphatic heterocycles. The van der Waals surface area contributed by atoms with Gasteiger partial charge in [-0.15, -0.1) is 0 Å². The molecule has 2 heterocycles. The lowest BCUT2D eigenvalue weighted by atomic mass is 10.2. The maximum Gasteiger partial charge on any atom is 0.220 e. The molecule has 90 valence electrons. The summed E-state index contributed by atoms with van der Waals surface area (Å²) in [6.07, 6.45) is 1.72. The largest absolute Gasteiger partial charge is 0.437 e. The van der Waals surface area contributed by atoms with Crippen LogP contribution < -0.4 is 4.74 Å². The van der Waals surface area contributed by atoms with Crippen molar-refractivity contribution in [2.24, 2.45) is 0 Å². The zero-order valence-electron chi connectivity index (χ0n) is 9.95. The molecular weight excluding hydrogens is 238 g/mol. The van der Waals surface area contributed by atoms with Crippen molar-refractivity contribution in [2.45, 2.75) is 0 Å². The number of benzene rings is 1. The summed E-state index contributed by atoms with van der Waals surface area (Å²) in [6, 6.07) is 16.6. The Hall–Kier alpha value is -2.93. The molecule has 0 unspecified atom stereocenters. The highest BCUT2D eigenvalue weighted by atomic mass is 16.5. The molecule has 2 aromatic heterocycles. The van der Waals surface area contributed by atoms with Gasteiger partial charge in [0.2, 0.25) is 5.88 Å². The van der Waals surface area contributed by atoms with Gasteiger partial charge in [-0.2, -0.15) is 5.26 Å². The lowest BCUT2D eigenvalue weighted by molar-refractivity contribution is 0.466. The van der Waals surface area contributed by atoms with Crippen molar-refractivity contribution in [3.8, 4) is 17.7 Å². The standard InChI is InChI=1S/C15H9N3O/c16-10-12-6-2-8-14(18-12)19-13-7-1-4-11-5-3-9-17-15(11)13/h1-9H. The van der Waals surface area contributed by atoms with E-state index in [4.69, 9.17) is 10.00 Å². The minimum absolute atomic E-state index is 0.325. The number of pyridine rings is 2. The molecule has 0 aliphatic rings. The number of hydrogen-bond donors (Lipinski definition) is 0. The first kappa shape index (κ1) is 11.2. The van der Waals surface area contributed by atoms with Crippen molar-refractivity contribution < 1.29 is 4.74 Å². The zero-order chi connectivity index (χ0) is 13.1. The molecule has 0 fully saturated rings. The smallest absolute Gasteiger partial charge is 0.220 e. The molecule has 0 bridgehead atoms. The van der Waals surface area contributed by atoms with Crippen molar-refractivity contribution in [3.63, 3.8) is 0 Å². The first-order chi connectivity index (χ1) is 9.36. The Labute approximate surface area is 109 Å². The molecular formula is C15H9N3O. The van der Waals surface area contributed by atoms with Crippen LogP contribution in [-0.4, -0.2) is 9.97 Å². The molecule has 0 saturated carbocycles. The van der Waals surface area contributed by atoms with E-state index in [9.17, 15) is 0 Å². The van der Waals surface area contributed by atoms with Gasteiger partial charge >= 0.3 is 0 Å².